The van der Waals surface area contributed by atoms with Gasteiger partial charge in [0.25, 0.3) is 0 Å². The van der Waals surface area contributed by atoms with Crippen LogP contribution >= 0.6 is 0 Å². The Labute approximate surface area is 129 Å². The topological polar surface area (TPSA) is 41.1 Å². The maximum absolute atomic E-state index is 4.63. The van der Waals surface area contributed by atoms with Crippen LogP contribution in [0.5, 0.6) is 0 Å². The first-order valence-corrected chi connectivity index (χ1v) is 8.41. The third-order valence-corrected chi connectivity index (χ3v) is 4.67. The van der Waals surface area contributed by atoms with Gasteiger partial charge in [-0.2, -0.15) is 0 Å². The Hall–Kier alpha value is -1.16. The molecule has 0 aliphatic heterocycles. The number of nitrogens with zero attached hydrogens (tertiary/aromatic N) is 3. The number of nitrogens with one attached hydrogen (secondary N) is 1. The van der Waals surface area contributed by atoms with Crippen LogP contribution in [0.25, 0.3) is 0 Å². The highest BCUT2D eigenvalue weighted by atomic mass is 15.2. The summed E-state index contributed by atoms with van der Waals surface area (Å²) in [5, 5.41) is 3.29. The number of rotatable bonds is 6. The van der Waals surface area contributed by atoms with E-state index in [2.05, 4.69) is 41.1 Å². The van der Waals surface area contributed by atoms with Crippen molar-refractivity contribution < 1.29 is 0 Å². The SMILES string of the molecule is CCNc1cc(C)nc(CN(C)C2CCC(CC)CC2)n1. The second kappa shape index (κ2) is 7.74. The Balaban J connectivity index is 1.94. The van der Waals surface area contributed by atoms with E-state index in [-0.39, 0.29) is 0 Å². The highest BCUT2D eigenvalue weighted by Crippen LogP contribution is 2.29. The number of hydrogen-bond donors (Lipinski definition) is 1. The monoisotopic (exact) mass is 290 g/mol. The summed E-state index contributed by atoms with van der Waals surface area (Å²) in [5.74, 6) is 2.83. The minimum Gasteiger partial charge on any atom is -0.370 e. The third-order valence-electron chi connectivity index (χ3n) is 4.67. The second-order valence-electron chi connectivity index (χ2n) is 6.34. The molecule has 0 atom stereocenters. The molecule has 1 aliphatic rings. The molecule has 1 aromatic heterocycles. The summed E-state index contributed by atoms with van der Waals surface area (Å²) < 4.78 is 0. The van der Waals surface area contributed by atoms with Crippen LogP contribution in [0.4, 0.5) is 5.82 Å². The summed E-state index contributed by atoms with van der Waals surface area (Å²) in [6.07, 6.45) is 6.73. The van der Waals surface area contributed by atoms with E-state index in [1.807, 2.05) is 13.0 Å². The van der Waals surface area contributed by atoms with Gasteiger partial charge in [-0.1, -0.05) is 13.3 Å². The predicted octanol–water partition coefficient (Wildman–Crippen LogP) is 3.62. The van der Waals surface area contributed by atoms with Crippen molar-refractivity contribution in [3.63, 3.8) is 0 Å². The Bertz CT molecular complexity index is 438. The van der Waals surface area contributed by atoms with Gasteiger partial charge in [0, 0.05) is 24.3 Å². The molecule has 1 aromatic rings. The molecule has 2 rings (SSSR count). The molecule has 21 heavy (non-hydrogen) atoms. The quantitative estimate of drug-likeness (QED) is 0.869. The van der Waals surface area contributed by atoms with Gasteiger partial charge in [0.1, 0.15) is 11.6 Å². The van der Waals surface area contributed by atoms with Gasteiger partial charge in [-0.3, -0.25) is 4.90 Å². The molecule has 0 amide bonds. The molecule has 1 saturated carbocycles. The van der Waals surface area contributed by atoms with Crippen molar-refractivity contribution >= 4 is 5.82 Å². The Morgan fingerprint density at radius 2 is 1.90 bits per heavy atom. The molecular formula is C17H30N4. The Morgan fingerprint density at radius 1 is 1.19 bits per heavy atom. The minimum atomic E-state index is 0.694. The highest BCUT2D eigenvalue weighted by molar-refractivity contribution is 5.35. The van der Waals surface area contributed by atoms with Crippen LogP contribution in [-0.2, 0) is 6.54 Å². The van der Waals surface area contributed by atoms with Crippen LogP contribution in [0.2, 0.25) is 0 Å². The zero-order valence-electron chi connectivity index (χ0n) is 14.0. The largest absolute Gasteiger partial charge is 0.370 e. The molecule has 1 fully saturated rings. The second-order valence-corrected chi connectivity index (χ2v) is 6.34. The first-order chi connectivity index (χ1) is 10.1. The summed E-state index contributed by atoms with van der Waals surface area (Å²) in [7, 11) is 2.22. The molecule has 1 aliphatic carbocycles. The Kier molecular flexibility index (Phi) is 5.97. The van der Waals surface area contributed by atoms with Gasteiger partial charge in [0.2, 0.25) is 0 Å². The molecule has 4 heteroatoms. The van der Waals surface area contributed by atoms with Crippen molar-refractivity contribution in [2.75, 3.05) is 18.9 Å². The van der Waals surface area contributed by atoms with Gasteiger partial charge in [-0.05, 0) is 52.5 Å². The lowest BCUT2D eigenvalue weighted by Gasteiger charge is -2.34. The first kappa shape index (κ1) is 16.2. The van der Waals surface area contributed by atoms with E-state index < -0.39 is 0 Å². The van der Waals surface area contributed by atoms with Gasteiger partial charge in [-0.15, -0.1) is 0 Å². The maximum Gasteiger partial charge on any atom is 0.144 e. The van der Waals surface area contributed by atoms with Crippen molar-refractivity contribution in [3.05, 3.63) is 17.6 Å². The molecule has 118 valence electrons. The van der Waals surface area contributed by atoms with E-state index in [1.165, 1.54) is 32.1 Å². The fraction of sp³-hybridized carbons (Fsp3) is 0.765. The van der Waals surface area contributed by atoms with E-state index in [1.54, 1.807) is 0 Å². The highest BCUT2D eigenvalue weighted by Gasteiger charge is 2.23. The van der Waals surface area contributed by atoms with E-state index in [0.29, 0.717) is 6.04 Å². The van der Waals surface area contributed by atoms with E-state index >= 15 is 0 Å². The Morgan fingerprint density at radius 3 is 2.52 bits per heavy atom. The first-order valence-electron chi connectivity index (χ1n) is 8.41. The summed E-state index contributed by atoms with van der Waals surface area (Å²) in [4.78, 5) is 11.7. The summed E-state index contributed by atoms with van der Waals surface area (Å²) in [6.45, 7) is 8.19. The molecule has 1 N–H and O–H groups in total. The average Bonchev–Trinajstić information content (AvgIpc) is 2.47. The molecule has 0 saturated heterocycles. The molecular weight excluding hydrogens is 260 g/mol. The van der Waals surface area contributed by atoms with Crippen molar-refractivity contribution in [3.8, 4) is 0 Å². The normalized spacial score (nSPS) is 22.5. The maximum atomic E-state index is 4.63. The lowest BCUT2D eigenvalue weighted by Crippen LogP contribution is -2.35. The van der Waals surface area contributed by atoms with Crippen LogP contribution in [-0.4, -0.2) is 34.5 Å². The fourth-order valence-electron chi connectivity index (χ4n) is 3.32. The predicted molar refractivity (Wildman–Crippen MR) is 88.4 cm³/mol. The average molecular weight is 290 g/mol. The smallest absolute Gasteiger partial charge is 0.144 e. The van der Waals surface area contributed by atoms with Crippen LogP contribution < -0.4 is 5.32 Å². The van der Waals surface area contributed by atoms with E-state index in [0.717, 1.165) is 36.3 Å². The van der Waals surface area contributed by atoms with Crippen LogP contribution in [0.3, 0.4) is 0 Å². The third kappa shape index (κ3) is 4.67. The number of aromatic nitrogens is 2. The lowest BCUT2D eigenvalue weighted by molar-refractivity contribution is 0.154. The standard InChI is InChI=1S/C17H30N4/c1-5-14-7-9-15(10-8-14)21(4)12-17-19-13(3)11-16(20-17)18-6-2/h11,14-15H,5-10,12H2,1-4H3,(H,18,19,20). The van der Waals surface area contributed by atoms with Gasteiger partial charge in [-0.25, -0.2) is 9.97 Å². The van der Waals surface area contributed by atoms with Crippen LogP contribution in [0.1, 0.15) is 57.5 Å². The molecule has 0 bridgehead atoms. The molecule has 0 aromatic carbocycles. The zero-order valence-corrected chi connectivity index (χ0v) is 14.0. The van der Waals surface area contributed by atoms with Crippen molar-refractivity contribution in [1.82, 2.24) is 14.9 Å². The molecule has 0 unspecified atom stereocenters. The van der Waals surface area contributed by atoms with E-state index in [9.17, 15) is 0 Å². The van der Waals surface area contributed by atoms with Gasteiger partial charge in [0.15, 0.2) is 0 Å². The van der Waals surface area contributed by atoms with Crippen LogP contribution in [0.15, 0.2) is 6.07 Å². The van der Waals surface area contributed by atoms with E-state index in [4.69, 9.17) is 0 Å². The molecule has 0 radical (unpaired) electrons. The molecule has 1 heterocycles. The minimum absolute atomic E-state index is 0.694. The molecule has 0 spiro atoms. The van der Waals surface area contributed by atoms with Crippen LogP contribution in [0, 0.1) is 12.8 Å². The van der Waals surface area contributed by atoms with Crippen molar-refractivity contribution in [1.29, 1.82) is 0 Å². The zero-order chi connectivity index (χ0) is 15.2. The fourth-order valence-corrected chi connectivity index (χ4v) is 3.32. The van der Waals surface area contributed by atoms with Gasteiger partial charge >= 0.3 is 0 Å². The summed E-state index contributed by atoms with van der Waals surface area (Å²) in [5.41, 5.74) is 1.04. The summed E-state index contributed by atoms with van der Waals surface area (Å²) >= 11 is 0. The number of aryl methyl sites for hydroxylation is 1. The molecule has 4 nitrogen and oxygen atoms in total. The van der Waals surface area contributed by atoms with Gasteiger partial charge < -0.3 is 5.32 Å². The van der Waals surface area contributed by atoms with Crippen molar-refractivity contribution in [2.45, 2.75) is 65.5 Å². The lowest BCUT2D eigenvalue weighted by atomic mass is 9.84. The summed E-state index contributed by atoms with van der Waals surface area (Å²) in [6, 6.07) is 2.71. The van der Waals surface area contributed by atoms with Gasteiger partial charge in [0.05, 0.1) is 6.54 Å². The van der Waals surface area contributed by atoms with Crippen molar-refractivity contribution in [2.24, 2.45) is 5.92 Å². The number of hydrogen-bond acceptors (Lipinski definition) is 4. The number of anilines is 1.